The quantitative estimate of drug-likeness (QED) is 0.844. The molecule has 6 nitrogen and oxygen atoms in total. The van der Waals surface area contributed by atoms with Crippen molar-refractivity contribution in [1.82, 2.24) is 14.9 Å². The van der Waals surface area contributed by atoms with Gasteiger partial charge in [0.15, 0.2) is 0 Å². The summed E-state index contributed by atoms with van der Waals surface area (Å²) in [6.07, 6.45) is 6.15. The van der Waals surface area contributed by atoms with E-state index in [9.17, 15) is 4.79 Å². The molecule has 1 saturated heterocycles. The van der Waals surface area contributed by atoms with Gasteiger partial charge in [-0.25, -0.2) is 4.98 Å². The van der Waals surface area contributed by atoms with Crippen molar-refractivity contribution in [3.63, 3.8) is 0 Å². The molecule has 1 saturated carbocycles. The molecule has 0 N–H and O–H groups in total. The summed E-state index contributed by atoms with van der Waals surface area (Å²) in [4.78, 5) is 27.6. The van der Waals surface area contributed by atoms with Crippen LogP contribution < -0.4 is 9.80 Å². The molecular formula is C16H25N5O. The van der Waals surface area contributed by atoms with Gasteiger partial charge in [-0.1, -0.05) is 6.42 Å². The third kappa shape index (κ3) is 3.15. The lowest BCUT2D eigenvalue weighted by Crippen LogP contribution is -2.41. The van der Waals surface area contributed by atoms with Gasteiger partial charge < -0.3 is 14.7 Å². The molecular weight excluding hydrogens is 278 g/mol. The largest absolute Gasteiger partial charge is 0.363 e. The monoisotopic (exact) mass is 303 g/mol. The summed E-state index contributed by atoms with van der Waals surface area (Å²) in [7, 11) is 3.96. The summed E-state index contributed by atoms with van der Waals surface area (Å²) >= 11 is 0. The van der Waals surface area contributed by atoms with Crippen LogP contribution in [0.3, 0.4) is 0 Å². The number of aromatic nitrogens is 2. The van der Waals surface area contributed by atoms with E-state index in [1.165, 1.54) is 6.42 Å². The molecule has 6 heteroatoms. The fourth-order valence-electron chi connectivity index (χ4n) is 2.99. The molecule has 120 valence electrons. The predicted octanol–water partition coefficient (Wildman–Crippen LogP) is 1.38. The third-order valence-electron chi connectivity index (χ3n) is 4.63. The molecule has 0 bridgehead atoms. The minimum atomic E-state index is 0.292. The van der Waals surface area contributed by atoms with Crippen molar-refractivity contribution in [1.29, 1.82) is 0 Å². The average molecular weight is 303 g/mol. The van der Waals surface area contributed by atoms with E-state index in [1.807, 2.05) is 30.0 Å². The molecule has 1 aromatic heterocycles. The van der Waals surface area contributed by atoms with Gasteiger partial charge in [0.25, 0.3) is 0 Å². The Hall–Kier alpha value is -1.85. The molecule has 0 unspecified atom stereocenters. The van der Waals surface area contributed by atoms with Crippen molar-refractivity contribution < 1.29 is 4.79 Å². The first-order chi connectivity index (χ1) is 10.6. The fraction of sp³-hybridized carbons (Fsp3) is 0.688. The van der Waals surface area contributed by atoms with Crippen LogP contribution in [0.2, 0.25) is 0 Å². The Bertz CT molecular complexity index is 529. The molecule has 1 aliphatic carbocycles. The number of amides is 1. The maximum atomic E-state index is 12.4. The highest BCUT2D eigenvalue weighted by Crippen LogP contribution is 2.28. The lowest BCUT2D eigenvalue weighted by atomic mass is 9.84. The van der Waals surface area contributed by atoms with Crippen LogP contribution in [0.25, 0.3) is 0 Å². The van der Waals surface area contributed by atoms with E-state index in [0.29, 0.717) is 11.8 Å². The summed E-state index contributed by atoms with van der Waals surface area (Å²) in [6.45, 7) is 3.37. The summed E-state index contributed by atoms with van der Waals surface area (Å²) in [5.74, 6) is 2.33. The Morgan fingerprint density at radius 3 is 2.68 bits per heavy atom. The zero-order chi connectivity index (χ0) is 15.5. The lowest BCUT2D eigenvalue weighted by Gasteiger charge is -2.31. The van der Waals surface area contributed by atoms with Crippen molar-refractivity contribution in [2.75, 3.05) is 50.1 Å². The number of hydrogen-bond acceptors (Lipinski definition) is 5. The van der Waals surface area contributed by atoms with Gasteiger partial charge in [0, 0.05) is 52.4 Å². The van der Waals surface area contributed by atoms with Gasteiger partial charge in [0.05, 0.1) is 0 Å². The summed E-state index contributed by atoms with van der Waals surface area (Å²) in [5, 5.41) is 0. The maximum Gasteiger partial charge on any atom is 0.227 e. The first-order valence-corrected chi connectivity index (χ1v) is 8.19. The highest BCUT2D eigenvalue weighted by Gasteiger charge is 2.30. The number of anilines is 2. The molecule has 0 aromatic carbocycles. The van der Waals surface area contributed by atoms with Gasteiger partial charge in [-0.05, 0) is 25.3 Å². The smallest absolute Gasteiger partial charge is 0.227 e. The number of hydrogen-bond donors (Lipinski definition) is 0. The minimum absolute atomic E-state index is 0.292. The first-order valence-electron chi connectivity index (χ1n) is 8.19. The van der Waals surface area contributed by atoms with Gasteiger partial charge >= 0.3 is 0 Å². The topological polar surface area (TPSA) is 52.6 Å². The molecule has 3 rings (SSSR count). The van der Waals surface area contributed by atoms with Crippen LogP contribution in [0, 0.1) is 5.92 Å². The van der Waals surface area contributed by atoms with Gasteiger partial charge in [0.1, 0.15) is 5.82 Å². The zero-order valence-electron chi connectivity index (χ0n) is 13.5. The van der Waals surface area contributed by atoms with E-state index in [0.717, 1.165) is 57.2 Å². The second kappa shape index (κ2) is 6.50. The van der Waals surface area contributed by atoms with Crippen molar-refractivity contribution in [2.45, 2.75) is 25.7 Å². The van der Waals surface area contributed by atoms with Crippen molar-refractivity contribution >= 4 is 17.7 Å². The van der Waals surface area contributed by atoms with Crippen LogP contribution in [0.1, 0.15) is 25.7 Å². The van der Waals surface area contributed by atoms with Crippen LogP contribution in [0.4, 0.5) is 11.8 Å². The van der Waals surface area contributed by atoms with E-state index < -0.39 is 0 Å². The fourth-order valence-corrected chi connectivity index (χ4v) is 2.99. The number of rotatable bonds is 3. The SMILES string of the molecule is CN(C)c1ccnc(N2CCCN(C(=O)C3CCC3)CC2)n1. The third-order valence-corrected chi connectivity index (χ3v) is 4.63. The Balaban J connectivity index is 1.64. The van der Waals surface area contributed by atoms with Gasteiger partial charge in [-0.2, -0.15) is 4.98 Å². The van der Waals surface area contributed by atoms with Crippen molar-refractivity contribution in [3.8, 4) is 0 Å². The highest BCUT2D eigenvalue weighted by molar-refractivity contribution is 5.79. The van der Waals surface area contributed by atoms with Crippen molar-refractivity contribution in [2.24, 2.45) is 5.92 Å². The molecule has 1 amide bonds. The molecule has 2 heterocycles. The second-order valence-electron chi connectivity index (χ2n) is 6.40. The second-order valence-corrected chi connectivity index (χ2v) is 6.40. The summed E-state index contributed by atoms with van der Waals surface area (Å²) < 4.78 is 0. The summed E-state index contributed by atoms with van der Waals surface area (Å²) in [5.41, 5.74) is 0. The Labute approximate surface area is 132 Å². The minimum Gasteiger partial charge on any atom is -0.363 e. The highest BCUT2D eigenvalue weighted by atomic mass is 16.2. The number of carbonyl (C=O) groups excluding carboxylic acids is 1. The Morgan fingerprint density at radius 1 is 1.18 bits per heavy atom. The van der Waals surface area contributed by atoms with Crippen LogP contribution in [0.15, 0.2) is 12.3 Å². The van der Waals surface area contributed by atoms with Crippen LogP contribution >= 0.6 is 0 Å². The van der Waals surface area contributed by atoms with Gasteiger partial charge in [-0.3, -0.25) is 4.79 Å². The molecule has 0 spiro atoms. The molecule has 0 atom stereocenters. The lowest BCUT2D eigenvalue weighted by molar-refractivity contribution is -0.137. The number of carbonyl (C=O) groups is 1. The van der Waals surface area contributed by atoms with E-state index in [1.54, 1.807) is 6.20 Å². The Morgan fingerprint density at radius 2 is 2.00 bits per heavy atom. The maximum absolute atomic E-state index is 12.4. The zero-order valence-corrected chi connectivity index (χ0v) is 13.5. The standard InChI is InChI=1S/C16H25N5O/c1-19(2)14-7-8-17-16(18-14)21-10-4-9-20(11-12-21)15(22)13-5-3-6-13/h7-8,13H,3-6,9-12H2,1-2H3. The molecule has 2 aliphatic rings. The normalized spacial score (nSPS) is 19.5. The first kappa shape index (κ1) is 15.1. The van der Waals surface area contributed by atoms with Gasteiger partial charge in [-0.15, -0.1) is 0 Å². The van der Waals surface area contributed by atoms with E-state index in [4.69, 9.17) is 0 Å². The van der Waals surface area contributed by atoms with Crippen LogP contribution in [-0.2, 0) is 4.79 Å². The predicted molar refractivity (Wildman–Crippen MR) is 87.1 cm³/mol. The Kier molecular flexibility index (Phi) is 4.45. The molecule has 2 fully saturated rings. The van der Waals surface area contributed by atoms with E-state index in [-0.39, 0.29) is 0 Å². The van der Waals surface area contributed by atoms with E-state index >= 15 is 0 Å². The summed E-state index contributed by atoms with van der Waals surface area (Å²) in [6, 6.07) is 1.91. The molecule has 1 aromatic rings. The van der Waals surface area contributed by atoms with E-state index in [2.05, 4.69) is 14.9 Å². The molecule has 22 heavy (non-hydrogen) atoms. The molecule has 0 radical (unpaired) electrons. The van der Waals surface area contributed by atoms with Crippen LogP contribution in [-0.4, -0.2) is 61.0 Å². The number of nitrogens with zero attached hydrogens (tertiary/aromatic N) is 5. The van der Waals surface area contributed by atoms with Gasteiger partial charge in [0.2, 0.25) is 11.9 Å². The van der Waals surface area contributed by atoms with Crippen molar-refractivity contribution in [3.05, 3.63) is 12.3 Å². The average Bonchev–Trinajstić information content (AvgIpc) is 2.71. The van der Waals surface area contributed by atoms with Crippen LogP contribution in [0.5, 0.6) is 0 Å². The molecule has 1 aliphatic heterocycles.